The Morgan fingerprint density at radius 2 is 2.10 bits per heavy atom. The molecular weight excluding hydrogens is 250 g/mol. The summed E-state index contributed by atoms with van der Waals surface area (Å²) in [4.78, 5) is 6.96. The lowest BCUT2D eigenvalue weighted by molar-refractivity contribution is 0.366. The van der Waals surface area contributed by atoms with Crippen molar-refractivity contribution in [1.29, 1.82) is 0 Å². The topological polar surface area (TPSA) is 41.3 Å². The molecule has 0 atom stereocenters. The highest BCUT2D eigenvalue weighted by atomic mass is 16.4. The molecule has 1 fully saturated rings. The second-order valence-electron chi connectivity index (χ2n) is 5.60. The second kappa shape index (κ2) is 6.27. The van der Waals surface area contributed by atoms with Gasteiger partial charge in [0.2, 0.25) is 0 Å². The molecule has 3 rings (SSSR count). The van der Waals surface area contributed by atoms with Gasteiger partial charge in [-0.05, 0) is 50.4 Å². The molecule has 1 aromatic heterocycles. The molecule has 0 radical (unpaired) electrons. The summed E-state index contributed by atoms with van der Waals surface area (Å²) in [6.07, 6.45) is 3.62. The maximum Gasteiger partial charge on any atom is 0.298 e. The van der Waals surface area contributed by atoms with Gasteiger partial charge in [-0.25, -0.2) is 0 Å². The molecule has 0 bridgehead atoms. The number of piperidine rings is 1. The van der Waals surface area contributed by atoms with Gasteiger partial charge in [0.1, 0.15) is 5.52 Å². The number of anilines is 1. The lowest BCUT2D eigenvalue weighted by Crippen LogP contribution is -2.36. The maximum absolute atomic E-state index is 5.92. The normalized spacial score (nSPS) is 16.6. The molecule has 2 aromatic rings. The minimum Gasteiger partial charge on any atom is -0.423 e. The van der Waals surface area contributed by atoms with Crippen LogP contribution in [0.4, 0.5) is 6.01 Å². The van der Waals surface area contributed by atoms with Crippen LogP contribution in [0.1, 0.15) is 26.2 Å². The minimum atomic E-state index is 0.748. The summed E-state index contributed by atoms with van der Waals surface area (Å²) in [5.74, 6) is 0.748. The lowest BCUT2D eigenvalue weighted by atomic mass is 9.97. The van der Waals surface area contributed by atoms with Gasteiger partial charge in [-0.15, -0.1) is 0 Å². The van der Waals surface area contributed by atoms with Crippen molar-refractivity contribution in [3.8, 4) is 0 Å². The SMILES string of the molecule is CCCN(CC1CCNCC1)c1nc2ccccc2o1. The van der Waals surface area contributed by atoms with E-state index in [4.69, 9.17) is 4.42 Å². The predicted molar refractivity (Wildman–Crippen MR) is 82.1 cm³/mol. The molecule has 1 aliphatic rings. The highest BCUT2D eigenvalue weighted by molar-refractivity contribution is 5.74. The van der Waals surface area contributed by atoms with Crippen molar-refractivity contribution in [2.45, 2.75) is 26.2 Å². The fourth-order valence-electron chi connectivity index (χ4n) is 2.91. The smallest absolute Gasteiger partial charge is 0.298 e. The van der Waals surface area contributed by atoms with E-state index in [-0.39, 0.29) is 0 Å². The monoisotopic (exact) mass is 273 g/mol. The van der Waals surface area contributed by atoms with Crippen LogP contribution in [-0.2, 0) is 0 Å². The first-order valence-electron chi connectivity index (χ1n) is 7.68. The van der Waals surface area contributed by atoms with Crippen LogP contribution in [0.25, 0.3) is 11.1 Å². The average molecular weight is 273 g/mol. The van der Waals surface area contributed by atoms with Gasteiger partial charge < -0.3 is 14.6 Å². The van der Waals surface area contributed by atoms with E-state index >= 15 is 0 Å². The molecule has 0 unspecified atom stereocenters. The molecule has 20 heavy (non-hydrogen) atoms. The van der Waals surface area contributed by atoms with E-state index in [9.17, 15) is 0 Å². The van der Waals surface area contributed by atoms with Crippen LogP contribution >= 0.6 is 0 Å². The molecule has 1 N–H and O–H groups in total. The van der Waals surface area contributed by atoms with Gasteiger partial charge in [0, 0.05) is 13.1 Å². The summed E-state index contributed by atoms with van der Waals surface area (Å²) in [7, 11) is 0. The zero-order chi connectivity index (χ0) is 13.8. The number of benzene rings is 1. The van der Waals surface area contributed by atoms with E-state index in [2.05, 4.69) is 22.1 Å². The number of nitrogens with zero attached hydrogens (tertiary/aromatic N) is 2. The Morgan fingerprint density at radius 3 is 2.85 bits per heavy atom. The Labute approximate surface area is 120 Å². The predicted octanol–water partition coefficient (Wildman–Crippen LogP) is 3.04. The van der Waals surface area contributed by atoms with Gasteiger partial charge in [0.05, 0.1) is 0 Å². The van der Waals surface area contributed by atoms with Crippen LogP contribution in [0.15, 0.2) is 28.7 Å². The van der Waals surface area contributed by atoms with Gasteiger partial charge in [-0.3, -0.25) is 0 Å². The quantitative estimate of drug-likeness (QED) is 0.909. The number of rotatable bonds is 5. The van der Waals surface area contributed by atoms with E-state index < -0.39 is 0 Å². The molecule has 1 saturated heterocycles. The summed E-state index contributed by atoms with van der Waals surface area (Å²) in [6.45, 7) is 6.55. The Bertz CT molecular complexity index is 512. The van der Waals surface area contributed by atoms with Gasteiger partial charge in [-0.2, -0.15) is 4.98 Å². The summed E-state index contributed by atoms with van der Waals surface area (Å²) in [5, 5.41) is 3.42. The standard InChI is InChI=1S/C16H23N3O/c1-2-11-19(12-13-7-9-17-10-8-13)16-18-14-5-3-4-6-15(14)20-16/h3-6,13,17H,2,7-12H2,1H3. The molecule has 4 heteroatoms. The summed E-state index contributed by atoms with van der Waals surface area (Å²) in [6, 6.07) is 8.78. The number of oxazole rings is 1. The van der Waals surface area contributed by atoms with Crippen molar-refractivity contribution < 1.29 is 4.42 Å². The molecule has 0 amide bonds. The first kappa shape index (κ1) is 13.4. The van der Waals surface area contributed by atoms with E-state index in [0.29, 0.717) is 0 Å². The Morgan fingerprint density at radius 1 is 1.30 bits per heavy atom. The van der Waals surface area contributed by atoms with Crippen LogP contribution in [0.3, 0.4) is 0 Å². The van der Waals surface area contributed by atoms with Crippen molar-refractivity contribution >= 4 is 17.1 Å². The minimum absolute atomic E-state index is 0.748. The van der Waals surface area contributed by atoms with E-state index in [0.717, 1.165) is 55.6 Å². The second-order valence-corrected chi connectivity index (χ2v) is 5.60. The summed E-state index contributed by atoms with van der Waals surface area (Å²) >= 11 is 0. The first-order chi connectivity index (χ1) is 9.86. The maximum atomic E-state index is 5.92. The zero-order valence-electron chi connectivity index (χ0n) is 12.1. The number of nitrogens with one attached hydrogen (secondary N) is 1. The average Bonchev–Trinajstić information content (AvgIpc) is 2.92. The summed E-state index contributed by atoms with van der Waals surface area (Å²) in [5.41, 5.74) is 1.84. The fraction of sp³-hybridized carbons (Fsp3) is 0.562. The highest BCUT2D eigenvalue weighted by Crippen LogP contribution is 2.24. The van der Waals surface area contributed by atoms with Crippen molar-refractivity contribution in [3.63, 3.8) is 0 Å². The molecule has 0 saturated carbocycles. The molecule has 2 heterocycles. The van der Waals surface area contributed by atoms with Crippen LogP contribution in [0.2, 0.25) is 0 Å². The third-order valence-electron chi connectivity index (χ3n) is 3.98. The highest BCUT2D eigenvalue weighted by Gasteiger charge is 2.20. The van der Waals surface area contributed by atoms with Gasteiger partial charge in [0.25, 0.3) is 6.01 Å². The Hall–Kier alpha value is -1.55. The number of fused-ring (bicyclic) bond motifs is 1. The van der Waals surface area contributed by atoms with E-state index in [1.165, 1.54) is 12.8 Å². The molecule has 0 aliphatic carbocycles. The van der Waals surface area contributed by atoms with Gasteiger partial charge in [-0.1, -0.05) is 19.1 Å². The van der Waals surface area contributed by atoms with Crippen LogP contribution < -0.4 is 10.2 Å². The third-order valence-corrected chi connectivity index (χ3v) is 3.98. The molecule has 108 valence electrons. The van der Waals surface area contributed by atoms with E-state index in [1.807, 2.05) is 24.3 Å². The van der Waals surface area contributed by atoms with Crippen molar-refractivity contribution in [2.75, 3.05) is 31.1 Å². The third kappa shape index (κ3) is 2.96. The lowest BCUT2D eigenvalue weighted by Gasteiger charge is -2.28. The largest absolute Gasteiger partial charge is 0.423 e. The number of para-hydroxylation sites is 2. The molecule has 1 aromatic carbocycles. The molecule has 4 nitrogen and oxygen atoms in total. The van der Waals surface area contributed by atoms with Gasteiger partial charge >= 0.3 is 0 Å². The van der Waals surface area contributed by atoms with Crippen molar-refractivity contribution in [3.05, 3.63) is 24.3 Å². The Balaban J connectivity index is 1.77. The van der Waals surface area contributed by atoms with Gasteiger partial charge in [0.15, 0.2) is 5.58 Å². The zero-order valence-corrected chi connectivity index (χ0v) is 12.1. The molecule has 1 aliphatic heterocycles. The number of aromatic nitrogens is 1. The number of hydrogen-bond acceptors (Lipinski definition) is 4. The first-order valence-corrected chi connectivity index (χ1v) is 7.68. The Kier molecular flexibility index (Phi) is 4.21. The molecule has 0 spiro atoms. The van der Waals surface area contributed by atoms with E-state index in [1.54, 1.807) is 0 Å². The van der Waals surface area contributed by atoms with Crippen LogP contribution in [0, 0.1) is 5.92 Å². The van der Waals surface area contributed by atoms with Crippen LogP contribution in [0.5, 0.6) is 0 Å². The number of hydrogen-bond donors (Lipinski definition) is 1. The summed E-state index contributed by atoms with van der Waals surface area (Å²) < 4.78 is 5.92. The van der Waals surface area contributed by atoms with Crippen molar-refractivity contribution in [2.24, 2.45) is 5.92 Å². The van der Waals surface area contributed by atoms with Crippen LogP contribution in [-0.4, -0.2) is 31.2 Å². The van der Waals surface area contributed by atoms with Crippen molar-refractivity contribution in [1.82, 2.24) is 10.3 Å². The fourth-order valence-corrected chi connectivity index (χ4v) is 2.91. The molecular formula is C16H23N3O.